The van der Waals surface area contributed by atoms with Crippen LogP contribution in [0.1, 0.15) is 32.8 Å². The monoisotopic (exact) mass is 292 g/mol. The molecule has 1 saturated heterocycles. The highest BCUT2D eigenvalue weighted by Gasteiger charge is 2.38. The van der Waals surface area contributed by atoms with Gasteiger partial charge in [0.05, 0.1) is 0 Å². The lowest BCUT2D eigenvalue weighted by atomic mass is 9.97. The first-order valence-corrected chi connectivity index (χ1v) is 7.23. The van der Waals surface area contributed by atoms with E-state index in [1.54, 1.807) is 24.0 Å². The van der Waals surface area contributed by atoms with Gasteiger partial charge < -0.3 is 10.2 Å². The van der Waals surface area contributed by atoms with Gasteiger partial charge in [-0.3, -0.25) is 9.59 Å². The van der Waals surface area contributed by atoms with E-state index in [0.717, 1.165) is 0 Å². The minimum absolute atomic E-state index is 0.121. The molecule has 1 aromatic carbocycles. The minimum Gasteiger partial charge on any atom is -0.343 e. The van der Waals surface area contributed by atoms with Crippen LogP contribution in [-0.2, 0) is 16.1 Å². The molecule has 1 fully saturated rings. The molecule has 2 atom stereocenters. The molecule has 0 bridgehead atoms. The number of nitrogens with zero attached hydrogens (tertiary/aromatic N) is 1. The molecule has 0 aliphatic carbocycles. The molecule has 2 amide bonds. The predicted molar refractivity (Wildman–Crippen MR) is 77.8 cm³/mol. The van der Waals surface area contributed by atoms with Gasteiger partial charge in [0.25, 0.3) is 0 Å². The van der Waals surface area contributed by atoms with Crippen molar-refractivity contribution in [2.24, 2.45) is 5.92 Å². The minimum atomic E-state index is -0.533. The number of nitrogens with one attached hydrogen (secondary N) is 1. The summed E-state index contributed by atoms with van der Waals surface area (Å²) in [7, 11) is 0. The fourth-order valence-corrected chi connectivity index (χ4v) is 2.62. The van der Waals surface area contributed by atoms with Gasteiger partial charge in [0.2, 0.25) is 11.8 Å². The third-order valence-electron chi connectivity index (χ3n) is 3.63. The Kier molecular flexibility index (Phi) is 4.60. The van der Waals surface area contributed by atoms with Gasteiger partial charge in [-0.1, -0.05) is 26.0 Å². The fraction of sp³-hybridized carbons (Fsp3) is 0.500. The smallest absolute Gasteiger partial charge is 0.245 e. The van der Waals surface area contributed by atoms with Crippen LogP contribution in [0.15, 0.2) is 24.3 Å². The third-order valence-corrected chi connectivity index (χ3v) is 3.63. The highest BCUT2D eigenvalue weighted by Crippen LogP contribution is 2.20. The Labute approximate surface area is 124 Å². The summed E-state index contributed by atoms with van der Waals surface area (Å²) in [6.07, 6.45) is 0.597. The van der Waals surface area contributed by atoms with Crippen molar-refractivity contribution in [3.8, 4) is 0 Å². The number of amides is 2. The van der Waals surface area contributed by atoms with E-state index < -0.39 is 12.1 Å². The molecule has 0 radical (unpaired) electrons. The van der Waals surface area contributed by atoms with Crippen LogP contribution in [0.25, 0.3) is 0 Å². The number of piperazine rings is 1. The van der Waals surface area contributed by atoms with E-state index in [1.807, 2.05) is 13.8 Å². The lowest BCUT2D eigenvalue weighted by Crippen LogP contribution is -2.62. The summed E-state index contributed by atoms with van der Waals surface area (Å²) in [6.45, 7) is 5.95. The van der Waals surface area contributed by atoms with Crippen molar-refractivity contribution in [1.82, 2.24) is 10.2 Å². The molecular weight excluding hydrogens is 271 g/mol. The second kappa shape index (κ2) is 6.24. The lowest BCUT2D eigenvalue weighted by Gasteiger charge is -2.38. The van der Waals surface area contributed by atoms with E-state index in [4.69, 9.17) is 0 Å². The zero-order valence-corrected chi connectivity index (χ0v) is 12.6. The summed E-state index contributed by atoms with van der Waals surface area (Å²) in [5, 5.41) is 2.71. The number of carbonyl (C=O) groups excluding carboxylic acids is 2. The van der Waals surface area contributed by atoms with Crippen LogP contribution in [-0.4, -0.2) is 28.8 Å². The summed E-state index contributed by atoms with van der Waals surface area (Å²) in [6, 6.07) is 5.12. The maximum absolute atomic E-state index is 13.3. The van der Waals surface area contributed by atoms with Crippen molar-refractivity contribution in [1.29, 1.82) is 0 Å². The van der Waals surface area contributed by atoms with E-state index in [0.29, 0.717) is 12.0 Å². The van der Waals surface area contributed by atoms with Crippen LogP contribution in [0, 0.1) is 11.7 Å². The number of benzene rings is 1. The second-order valence-corrected chi connectivity index (χ2v) is 5.97. The number of halogens is 1. The molecule has 0 aromatic heterocycles. The Morgan fingerprint density at radius 3 is 2.67 bits per heavy atom. The number of rotatable bonds is 4. The van der Waals surface area contributed by atoms with Gasteiger partial charge in [0.1, 0.15) is 17.9 Å². The van der Waals surface area contributed by atoms with E-state index in [-0.39, 0.29) is 30.1 Å². The first-order chi connectivity index (χ1) is 9.88. The summed E-state index contributed by atoms with van der Waals surface area (Å²) >= 11 is 0. The standard InChI is InChI=1S/C16H21FN2O2/c1-10(2)7-14-15(20)18-11(3)16(21)19(14)9-12-5-4-6-13(17)8-12/h4-6,8,10-11,14H,7,9H2,1-3H3,(H,18,20). The van der Waals surface area contributed by atoms with Gasteiger partial charge in [-0.2, -0.15) is 0 Å². The van der Waals surface area contributed by atoms with Crippen LogP contribution in [0.3, 0.4) is 0 Å². The Hall–Kier alpha value is -1.91. The molecular formula is C16H21FN2O2. The summed E-state index contributed by atoms with van der Waals surface area (Å²) in [5.41, 5.74) is 0.694. The van der Waals surface area contributed by atoms with Gasteiger partial charge in [-0.15, -0.1) is 0 Å². The Balaban J connectivity index is 2.25. The maximum atomic E-state index is 13.3. The molecule has 21 heavy (non-hydrogen) atoms. The molecule has 2 unspecified atom stereocenters. The maximum Gasteiger partial charge on any atom is 0.245 e. The average Bonchev–Trinajstić information content (AvgIpc) is 2.40. The van der Waals surface area contributed by atoms with E-state index in [2.05, 4.69) is 5.32 Å². The van der Waals surface area contributed by atoms with Crippen LogP contribution in [0.5, 0.6) is 0 Å². The first-order valence-electron chi connectivity index (χ1n) is 7.23. The molecule has 0 saturated carbocycles. The second-order valence-electron chi connectivity index (χ2n) is 5.97. The topological polar surface area (TPSA) is 49.4 Å². The summed E-state index contributed by atoms with van der Waals surface area (Å²) < 4.78 is 13.3. The van der Waals surface area contributed by atoms with Crippen LogP contribution >= 0.6 is 0 Å². The van der Waals surface area contributed by atoms with Crippen molar-refractivity contribution in [2.45, 2.75) is 45.8 Å². The Bertz CT molecular complexity index is 545. The van der Waals surface area contributed by atoms with Crippen LogP contribution in [0.4, 0.5) is 4.39 Å². The molecule has 5 heteroatoms. The van der Waals surface area contributed by atoms with Crippen molar-refractivity contribution in [3.05, 3.63) is 35.6 Å². The molecule has 1 N–H and O–H groups in total. The van der Waals surface area contributed by atoms with Gasteiger partial charge in [0.15, 0.2) is 0 Å². The largest absolute Gasteiger partial charge is 0.343 e. The highest BCUT2D eigenvalue weighted by atomic mass is 19.1. The number of hydrogen-bond acceptors (Lipinski definition) is 2. The molecule has 1 aliphatic rings. The summed E-state index contributed by atoms with van der Waals surface area (Å²) in [4.78, 5) is 26.1. The fourth-order valence-electron chi connectivity index (χ4n) is 2.62. The van der Waals surface area contributed by atoms with Crippen LogP contribution < -0.4 is 5.32 Å². The summed E-state index contributed by atoms with van der Waals surface area (Å²) in [5.74, 6) is -0.302. The molecule has 114 valence electrons. The van der Waals surface area contributed by atoms with Gasteiger partial charge in [-0.05, 0) is 37.0 Å². The SMILES string of the molecule is CC(C)CC1C(=O)NC(C)C(=O)N1Cc1cccc(F)c1. The molecule has 1 aromatic rings. The molecule has 2 rings (SSSR count). The third kappa shape index (κ3) is 3.60. The Morgan fingerprint density at radius 1 is 1.33 bits per heavy atom. The quantitative estimate of drug-likeness (QED) is 0.924. The molecule has 4 nitrogen and oxygen atoms in total. The molecule has 1 heterocycles. The van der Waals surface area contributed by atoms with E-state index >= 15 is 0 Å². The molecule has 0 spiro atoms. The van der Waals surface area contributed by atoms with Crippen molar-refractivity contribution >= 4 is 11.8 Å². The number of carbonyl (C=O) groups is 2. The average molecular weight is 292 g/mol. The van der Waals surface area contributed by atoms with Crippen molar-refractivity contribution in [3.63, 3.8) is 0 Å². The predicted octanol–water partition coefficient (Wildman–Crippen LogP) is 2.09. The van der Waals surface area contributed by atoms with E-state index in [9.17, 15) is 14.0 Å². The van der Waals surface area contributed by atoms with Crippen molar-refractivity contribution < 1.29 is 14.0 Å². The molecule has 1 aliphatic heterocycles. The van der Waals surface area contributed by atoms with Crippen molar-refractivity contribution in [2.75, 3.05) is 0 Å². The lowest BCUT2D eigenvalue weighted by molar-refractivity contribution is -0.150. The van der Waals surface area contributed by atoms with Gasteiger partial charge >= 0.3 is 0 Å². The van der Waals surface area contributed by atoms with Gasteiger partial charge in [0, 0.05) is 6.54 Å². The normalized spacial score (nSPS) is 22.6. The Morgan fingerprint density at radius 2 is 2.05 bits per heavy atom. The first kappa shape index (κ1) is 15.5. The van der Waals surface area contributed by atoms with E-state index in [1.165, 1.54) is 12.1 Å². The van der Waals surface area contributed by atoms with Crippen LogP contribution in [0.2, 0.25) is 0 Å². The zero-order valence-electron chi connectivity index (χ0n) is 12.6. The van der Waals surface area contributed by atoms with Gasteiger partial charge in [-0.25, -0.2) is 4.39 Å². The zero-order chi connectivity index (χ0) is 15.6. The number of hydrogen-bond donors (Lipinski definition) is 1. The highest BCUT2D eigenvalue weighted by molar-refractivity contribution is 5.96.